The minimum Gasteiger partial charge on any atom is -0.323 e. The molecule has 0 bridgehead atoms. The lowest BCUT2D eigenvalue weighted by atomic mass is 10.0. The lowest BCUT2D eigenvalue weighted by Gasteiger charge is -2.15. The summed E-state index contributed by atoms with van der Waals surface area (Å²) in [5, 5.41) is 2.67. The highest BCUT2D eigenvalue weighted by Gasteiger charge is 2.12. The molecule has 0 radical (unpaired) electrons. The topological polar surface area (TPSA) is 37.8 Å². The summed E-state index contributed by atoms with van der Waals surface area (Å²) in [6.07, 6.45) is 3.31. The fourth-order valence-electron chi connectivity index (χ4n) is 2.30. The Balaban J connectivity index is 2.28. The molecule has 0 saturated carbocycles. The number of aromatic amines is 1. The molecule has 104 valence electrons. The summed E-state index contributed by atoms with van der Waals surface area (Å²) in [6, 6.07) is 2.02. The number of H-pyrrole nitrogens is 1. The molecule has 0 saturated heterocycles. The van der Waals surface area contributed by atoms with E-state index >= 15 is 0 Å². The van der Waals surface area contributed by atoms with Gasteiger partial charge in [-0.1, -0.05) is 26.7 Å². The maximum Gasteiger partial charge on any atom is 0.263 e. The van der Waals surface area contributed by atoms with E-state index in [0.717, 1.165) is 23.1 Å². The molecule has 3 nitrogen and oxygen atoms in total. The summed E-state index contributed by atoms with van der Waals surface area (Å²) in [6.45, 7) is 6.52. The first-order valence-corrected chi connectivity index (χ1v) is 8.01. The molecule has 0 aliphatic rings. The summed E-state index contributed by atoms with van der Waals surface area (Å²) >= 11 is 6.85. The van der Waals surface area contributed by atoms with Crippen LogP contribution in [-0.4, -0.2) is 9.55 Å². The molecule has 0 spiro atoms. The van der Waals surface area contributed by atoms with Gasteiger partial charge in [0.1, 0.15) is 4.83 Å². The molecular weight excluding hydrogens is 276 g/mol. The van der Waals surface area contributed by atoms with Crippen molar-refractivity contribution in [3.05, 3.63) is 26.6 Å². The maximum absolute atomic E-state index is 12.4. The van der Waals surface area contributed by atoms with Gasteiger partial charge >= 0.3 is 0 Å². The molecule has 2 aromatic rings. The molecule has 2 heterocycles. The third kappa shape index (κ3) is 3.15. The zero-order valence-corrected chi connectivity index (χ0v) is 13.2. The third-order valence-electron chi connectivity index (χ3n) is 3.40. The second-order valence-electron chi connectivity index (χ2n) is 5.44. The van der Waals surface area contributed by atoms with Crippen LogP contribution in [0.3, 0.4) is 0 Å². The van der Waals surface area contributed by atoms with Gasteiger partial charge in [-0.3, -0.25) is 9.36 Å². The van der Waals surface area contributed by atoms with Gasteiger partial charge in [-0.15, -0.1) is 11.3 Å². The van der Waals surface area contributed by atoms with E-state index in [1.54, 1.807) is 4.57 Å². The van der Waals surface area contributed by atoms with E-state index in [9.17, 15) is 4.79 Å². The molecule has 2 rings (SSSR count). The normalized spacial score (nSPS) is 13.3. The molecule has 0 aliphatic carbocycles. The van der Waals surface area contributed by atoms with Crippen LogP contribution in [0.4, 0.5) is 0 Å². The van der Waals surface area contributed by atoms with Crippen LogP contribution < -0.4 is 5.56 Å². The van der Waals surface area contributed by atoms with E-state index in [2.05, 4.69) is 25.8 Å². The Bertz CT molecular complexity index is 666. The van der Waals surface area contributed by atoms with Crippen molar-refractivity contribution in [3.8, 4) is 0 Å². The predicted molar refractivity (Wildman–Crippen MR) is 84.7 cm³/mol. The highest BCUT2D eigenvalue weighted by Crippen LogP contribution is 2.19. The van der Waals surface area contributed by atoms with Crippen LogP contribution in [0.15, 0.2) is 16.2 Å². The Morgan fingerprint density at radius 1 is 1.37 bits per heavy atom. The smallest absolute Gasteiger partial charge is 0.263 e. The summed E-state index contributed by atoms with van der Waals surface area (Å²) in [7, 11) is 0. The summed E-state index contributed by atoms with van der Waals surface area (Å²) < 4.78 is 2.27. The van der Waals surface area contributed by atoms with Gasteiger partial charge in [-0.25, -0.2) is 0 Å². The van der Waals surface area contributed by atoms with E-state index in [-0.39, 0.29) is 11.6 Å². The van der Waals surface area contributed by atoms with Crippen molar-refractivity contribution < 1.29 is 0 Å². The SMILES string of the molecule is CC(C)CCCC(C)n1c(=S)[nH]c2sccc2c1=O. The van der Waals surface area contributed by atoms with Crippen molar-refractivity contribution >= 4 is 33.8 Å². The zero-order chi connectivity index (χ0) is 14.0. The Labute approximate surface area is 122 Å². The van der Waals surface area contributed by atoms with Gasteiger partial charge in [-0.2, -0.15) is 0 Å². The molecular formula is C14H20N2OS2. The van der Waals surface area contributed by atoms with Crippen LogP contribution in [0.5, 0.6) is 0 Å². The van der Waals surface area contributed by atoms with E-state index in [1.807, 2.05) is 11.4 Å². The molecule has 19 heavy (non-hydrogen) atoms. The summed E-state index contributed by atoms with van der Waals surface area (Å²) in [4.78, 5) is 16.5. The monoisotopic (exact) mass is 296 g/mol. The molecule has 0 fully saturated rings. The Morgan fingerprint density at radius 2 is 2.11 bits per heavy atom. The first-order valence-electron chi connectivity index (χ1n) is 6.72. The molecule has 2 aromatic heterocycles. The fourth-order valence-corrected chi connectivity index (χ4v) is 3.51. The molecule has 5 heteroatoms. The summed E-state index contributed by atoms with van der Waals surface area (Å²) in [5.74, 6) is 0.706. The lowest BCUT2D eigenvalue weighted by molar-refractivity contribution is 0.434. The highest BCUT2D eigenvalue weighted by atomic mass is 32.1. The Kier molecular flexibility index (Phi) is 4.58. The second-order valence-corrected chi connectivity index (χ2v) is 6.75. The van der Waals surface area contributed by atoms with Crippen molar-refractivity contribution in [2.24, 2.45) is 5.92 Å². The van der Waals surface area contributed by atoms with Gasteiger partial charge < -0.3 is 4.98 Å². The van der Waals surface area contributed by atoms with Crippen LogP contribution in [-0.2, 0) is 0 Å². The second kappa shape index (κ2) is 6.01. The van der Waals surface area contributed by atoms with Crippen molar-refractivity contribution in [3.63, 3.8) is 0 Å². The maximum atomic E-state index is 12.4. The Hall–Kier alpha value is -0.940. The van der Waals surface area contributed by atoms with Gasteiger partial charge in [-0.05, 0) is 42.9 Å². The number of nitrogens with one attached hydrogen (secondary N) is 1. The van der Waals surface area contributed by atoms with Gasteiger partial charge in [0, 0.05) is 6.04 Å². The average molecular weight is 296 g/mol. The number of aromatic nitrogens is 2. The van der Waals surface area contributed by atoms with Crippen LogP contribution >= 0.6 is 23.6 Å². The first kappa shape index (κ1) is 14.5. The number of hydrogen-bond donors (Lipinski definition) is 1. The van der Waals surface area contributed by atoms with Crippen LogP contribution in [0.2, 0.25) is 0 Å². The van der Waals surface area contributed by atoms with E-state index < -0.39 is 0 Å². The number of thiophene rings is 1. The van der Waals surface area contributed by atoms with Gasteiger partial charge in [0.05, 0.1) is 5.39 Å². The molecule has 0 aromatic carbocycles. The number of hydrogen-bond acceptors (Lipinski definition) is 3. The van der Waals surface area contributed by atoms with Crippen LogP contribution in [0, 0.1) is 10.7 Å². The highest BCUT2D eigenvalue weighted by molar-refractivity contribution is 7.71. The number of rotatable bonds is 5. The van der Waals surface area contributed by atoms with Crippen molar-refractivity contribution in [1.29, 1.82) is 0 Å². The molecule has 1 unspecified atom stereocenters. The summed E-state index contributed by atoms with van der Waals surface area (Å²) in [5.41, 5.74) is 0.0389. The number of nitrogens with zero attached hydrogens (tertiary/aromatic N) is 1. The molecule has 1 atom stereocenters. The van der Waals surface area contributed by atoms with E-state index in [0.29, 0.717) is 10.7 Å². The van der Waals surface area contributed by atoms with E-state index in [4.69, 9.17) is 12.2 Å². The minimum atomic E-state index is 0.0389. The number of fused-ring (bicyclic) bond motifs is 1. The quantitative estimate of drug-likeness (QED) is 0.824. The van der Waals surface area contributed by atoms with Gasteiger partial charge in [0.25, 0.3) is 5.56 Å². The van der Waals surface area contributed by atoms with Gasteiger partial charge in [0.2, 0.25) is 0 Å². The lowest BCUT2D eigenvalue weighted by Crippen LogP contribution is -2.24. The Morgan fingerprint density at radius 3 is 2.79 bits per heavy atom. The van der Waals surface area contributed by atoms with Crippen molar-refractivity contribution in [1.82, 2.24) is 9.55 Å². The van der Waals surface area contributed by atoms with Crippen LogP contribution in [0.1, 0.15) is 46.1 Å². The van der Waals surface area contributed by atoms with Gasteiger partial charge in [0.15, 0.2) is 4.77 Å². The minimum absolute atomic E-state index is 0.0389. The van der Waals surface area contributed by atoms with Crippen molar-refractivity contribution in [2.45, 2.75) is 46.1 Å². The largest absolute Gasteiger partial charge is 0.323 e. The third-order valence-corrected chi connectivity index (χ3v) is 4.53. The van der Waals surface area contributed by atoms with Crippen LogP contribution in [0.25, 0.3) is 10.2 Å². The fraction of sp³-hybridized carbons (Fsp3) is 0.571. The van der Waals surface area contributed by atoms with Crippen molar-refractivity contribution in [2.75, 3.05) is 0 Å². The van der Waals surface area contributed by atoms with E-state index in [1.165, 1.54) is 17.8 Å². The molecule has 1 N–H and O–H groups in total. The first-order chi connectivity index (χ1) is 9.00. The average Bonchev–Trinajstić information content (AvgIpc) is 2.76. The zero-order valence-electron chi connectivity index (χ0n) is 11.6. The molecule has 0 aliphatic heterocycles. The standard InChI is InChI=1S/C14H20N2OS2/c1-9(2)5-4-6-10(3)16-13(17)11-7-8-19-12(11)15-14(16)18/h7-10H,4-6H2,1-3H3,(H,15,18). The predicted octanol–water partition coefficient (Wildman–Crippen LogP) is 4.51. The molecule has 0 amide bonds.